The van der Waals surface area contributed by atoms with Crippen molar-refractivity contribution >= 4 is 35.1 Å². The molecule has 0 radical (unpaired) electrons. The van der Waals surface area contributed by atoms with Gasteiger partial charge in [0.1, 0.15) is 11.6 Å². The van der Waals surface area contributed by atoms with Crippen LogP contribution in [0.25, 0.3) is 0 Å². The van der Waals surface area contributed by atoms with Crippen molar-refractivity contribution in [2.24, 2.45) is 0 Å². The van der Waals surface area contributed by atoms with Crippen LogP contribution >= 0.6 is 11.8 Å². The predicted octanol–water partition coefficient (Wildman–Crippen LogP) is 2.83. The zero-order chi connectivity index (χ0) is 22.2. The number of pyridine rings is 1. The van der Waals surface area contributed by atoms with Gasteiger partial charge in [-0.1, -0.05) is 0 Å². The number of carbonyl (C=O) groups is 1. The van der Waals surface area contributed by atoms with Crippen molar-refractivity contribution in [3.05, 3.63) is 41.9 Å². The molecule has 0 aliphatic carbocycles. The predicted molar refractivity (Wildman–Crippen MR) is 120 cm³/mol. The number of hydrogen-bond donors (Lipinski definition) is 3. The van der Waals surface area contributed by atoms with Gasteiger partial charge in [0, 0.05) is 42.4 Å². The van der Waals surface area contributed by atoms with Gasteiger partial charge in [0.15, 0.2) is 11.0 Å². The number of anilines is 3. The Morgan fingerprint density at radius 2 is 2.03 bits per heavy atom. The number of nitrogens with one attached hydrogen (secondary N) is 3. The lowest BCUT2D eigenvalue weighted by Gasteiger charge is -2.11. The fraction of sp³-hybridized carbons (Fsp3) is 0.350. The first-order valence-electron chi connectivity index (χ1n) is 9.68. The summed E-state index contributed by atoms with van der Waals surface area (Å²) in [7, 11) is 4.00. The molecule has 3 rings (SSSR count). The number of hydrogen-bond acceptors (Lipinski definition) is 9. The topological polar surface area (TPSA) is 121 Å². The first-order chi connectivity index (χ1) is 14.9. The van der Waals surface area contributed by atoms with E-state index in [9.17, 15) is 4.79 Å². The van der Waals surface area contributed by atoms with Gasteiger partial charge in [-0.05, 0) is 44.9 Å². The van der Waals surface area contributed by atoms with Gasteiger partial charge in [0.25, 0.3) is 0 Å². The van der Waals surface area contributed by atoms with E-state index in [1.165, 1.54) is 18.7 Å². The molecule has 3 heterocycles. The molecule has 3 aromatic heterocycles. The van der Waals surface area contributed by atoms with Gasteiger partial charge in [-0.3, -0.25) is 9.89 Å². The molecule has 0 fully saturated rings. The summed E-state index contributed by atoms with van der Waals surface area (Å²) in [5.41, 5.74) is 1.71. The minimum atomic E-state index is -0.164. The minimum Gasteiger partial charge on any atom is -0.374 e. The van der Waals surface area contributed by atoms with Crippen LogP contribution < -0.4 is 10.6 Å². The molecule has 0 saturated heterocycles. The SMILES string of the molecule is CC(=O)Nc1ccc(Sc2nc(COCCN(C)C)cc(Nc3cc(C)[nH]n3)n2)cn1. The van der Waals surface area contributed by atoms with Crippen molar-refractivity contribution in [3.8, 4) is 0 Å². The highest BCUT2D eigenvalue weighted by atomic mass is 32.2. The molecule has 0 bridgehead atoms. The van der Waals surface area contributed by atoms with Crippen LogP contribution in [-0.2, 0) is 16.1 Å². The maximum atomic E-state index is 11.2. The normalized spacial score (nSPS) is 11.0. The zero-order valence-electron chi connectivity index (χ0n) is 18.0. The van der Waals surface area contributed by atoms with E-state index >= 15 is 0 Å². The van der Waals surface area contributed by atoms with E-state index in [1.807, 2.05) is 39.2 Å². The van der Waals surface area contributed by atoms with Crippen LogP contribution in [0.2, 0.25) is 0 Å². The fourth-order valence-corrected chi connectivity index (χ4v) is 3.25. The first kappa shape index (κ1) is 22.7. The fourth-order valence-electron chi connectivity index (χ4n) is 2.49. The van der Waals surface area contributed by atoms with Crippen molar-refractivity contribution in [3.63, 3.8) is 0 Å². The van der Waals surface area contributed by atoms with Crippen LogP contribution in [0, 0.1) is 6.92 Å². The van der Waals surface area contributed by atoms with Crippen molar-refractivity contribution in [1.29, 1.82) is 0 Å². The molecule has 1 amide bonds. The van der Waals surface area contributed by atoms with Crippen LogP contribution in [0.1, 0.15) is 18.3 Å². The second-order valence-corrected chi connectivity index (χ2v) is 8.15. The van der Waals surface area contributed by atoms with E-state index < -0.39 is 0 Å². The Bertz CT molecular complexity index is 1010. The van der Waals surface area contributed by atoms with Crippen LogP contribution in [0.4, 0.5) is 17.5 Å². The summed E-state index contributed by atoms with van der Waals surface area (Å²) in [6.07, 6.45) is 1.67. The van der Waals surface area contributed by atoms with E-state index in [1.54, 1.807) is 12.3 Å². The Balaban J connectivity index is 1.75. The lowest BCUT2D eigenvalue weighted by molar-refractivity contribution is -0.114. The van der Waals surface area contributed by atoms with Crippen LogP contribution in [0.3, 0.4) is 0 Å². The number of H-pyrrole nitrogens is 1. The zero-order valence-corrected chi connectivity index (χ0v) is 18.8. The minimum absolute atomic E-state index is 0.164. The maximum Gasteiger partial charge on any atom is 0.222 e. The summed E-state index contributed by atoms with van der Waals surface area (Å²) in [4.78, 5) is 27.5. The number of likely N-dealkylation sites (N-methyl/N-ethyl adjacent to an activating group) is 1. The molecule has 3 N–H and O–H groups in total. The van der Waals surface area contributed by atoms with E-state index in [-0.39, 0.29) is 5.91 Å². The number of amides is 1. The Hall–Kier alpha value is -3.02. The smallest absolute Gasteiger partial charge is 0.222 e. The van der Waals surface area contributed by atoms with Crippen molar-refractivity contribution in [2.75, 3.05) is 37.9 Å². The van der Waals surface area contributed by atoms with E-state index in [0.29, 0.717) is 35.8 Å². The quantitative estimate of drug-likeness (QED) is 0.321. The molecule has 0 atom stereocenters. The van der Waals surface area contributed by atoms with Gasteiger partial charge in [0.05, 0.1) is 18.9 Å². The number of aromatic nitrogens is 5. The second kappa shape index (κ2) is 10.8. The molecule has 0 spiro atoms. The van der Waals surface area contributed by atoms with E-state index in [0.717, 1.165) is 22.8 Å². The van der Waals surface area contributed by atoms with Crippen molar-refractivity contribution < 1.29 is 9.53 Å². The van der Waals surface area contributed by atoms with Crippen LogP contribution in [0.15, 0.2) is 40.5 Å². The summed E-state index contributed by atoms with van der Waals surface area (Å²) in [5, 5.41) is 13.5. The maximum absolute atomic E-state index is 11.2. The van der Waals surface area contributed by atoms with Gasteiger partial charge in [-0.15, -0.1) is 0 Å². The Morgan fingerprint density at radius 1 is 1.19 bits per heavy atom. The summed E-state index contributed by atoms with van der Waals surface area (Å²) in [5.74, 6) is 1.63. The molecule has 10 nitrogen and oxygen atoms in total. The molecule has 164 valence electrons. The third kappa shape index (κ3) is 7.63. The van der Waals surface area contributed by atoms with Gasteiger partial charge in [-0.25, -0.2) is 15.0 Å². The third-order valence-corrected chi connectivity index (χ3v) is 4.75. The monoisotopic (exact) mass is 442 g/mol. The summed E-state index contributed by atoms with van der Waals surface area (Å²) in [6, 6.07) is 7.34. The van der Waals surface area contributed by atoms with E-state index in [4.69, 9.17) is 4.74 Å². The van der Waals surface area contributed by atoms with Gasteiger partial charge in [0.2, 0.25) is 5.91 Å². The highest BCUT2D eigenvalue weighted by molar-refractivity contribution is 7.99. The summed E-state index contributed by atoms with van der Waals surface area (Å²) in [6.45, 7) is 5.19. The van der Waals surface area contributed by atoms with Gasteiger partial charge >= 0.3 is 0 Å². The summed E-state index contributed by atoms with van der Waals surface area (Å²) >= 11 is 1.37. The molecule has 0 aromatic carbocycles. The number of aryl methyl sites for hydroxylation is 1. The average Bonchev–Trinajstić information content (AvgIpc) is 3.11. The van der Waals surface area contributed by atoms with Crippen molar-refractivity contribution in [1.82, 2.24) is 30.0 Å². The van der Waals surface area contributed by atoms with Crippen LogP contribution in [0.5, 0.6) is 0 Å². The van der Waals surface area contributed by atoms with E-state index in [2.05, 4.69) is 40.7 Å². The summed E-state index contributed by atoms with van der Waals surface area (Å²) < 4.78 is 5.75. The van der Waals surface area contributed by atoms with Gasteiger partial charge in [-0.2, -0.15) is 5.10 Å². The number of rotatable bonds is 10. The Labute approximate surface area is 185 Å². The average molecular weight is 443 g/mol. The Kier molecular flexibility index (Phi) is 7.93. The molecule has 3 aromatic rings. The largest absolute Gasteiger partial charge is 0.374 e. The molecule has 0 aliphatic rings. The first-order valence-corrected chi connectivity index (χ1v) is 10.5. The molecule has 11 heteroatoms. The van der Waals surface area contributed by atoms with Crippen molar-refractivity contribution in [2.45, 2.75) is 30.5 Å². The van der Waals surface area contributed by atoms with Crippen LogP contribution in [-0.4, -0.2) is 63.2 Å². The number of aromatic amines is 1. The molecule has 31 heavy (non-hydrogen) atoms. The Morgan fingerprint density at radius 3 is 2.68 bits per heavy atom. The van der Waals surface area contributed by atoms with Gasteiger partial charge < -0.3 is 20.3 Å². The molecule has 0 saturated carbocycles. The highest BCUT2D eigenvalue weighted by Gasteiger charge is 2.10. The molecular formula is C20H26N8O2S. The molecular weight excluding hydrogens is 416 g/mol. The second-order valence-electron chi connectivity index (χ2n) is 7.11. The highest BCUT2D eigenvalue weighted by Crippen LogP contribution is 2.27. The molecule has 0 unspecified atom stereocenters. The lowest BCUT2D eigenvalue weighted by atomic mass is 10.4. The number of nitrogens with zero attached hydrogens (tertiary/aromatic N) is 5. The number of ether oxygens (including phenoxy) is 1. The third-order valence-electron chi connectivity index (χ3n) is 3.90. The number of carbonyl (C=O) groups excluding carboxylic acids is 1. The lowest BCUT2D eigenvalue weighted by Crippen LogP contribution is -2.18. The molecule has 0 aliphatic heterocycles. The standard InChI is InChI=1S/C20H26N8O2S/c1-13-9-19(27-26-13)24-18-10-15(12-30-8-7-28(3)4)23-20(25-18)31-16-5-6-17(21-11-16)22-14(2)29/h5-6,9-11H,7-8,12H2,1-4H3,(H,21,22,29)(H2,23,24,25,26,27).